The minimum absolute atomic E-state index is 0.0363. The second kappa shape index (κ2) is 7.75. The maximum atomic E-state index is 11.9. The average molecular weight is 325 g/mol. The van der Waals surface area contributed by atoms with Gasteiger partial charge in [0.15, 0.2) is 16.9 Å². The highest BCUT2D eigenvalue weighted by Crippen LogP contribution is 2.18. The minimum Gasteiger partial charge on any atom is -0.497 e. The normalized spacial score (nSPS) is 10.8. The molecule has 1 aromatic carbocycles. The molecule has 0 atom stereocenters. The molecule has 0 amide bonds. The molecular weight excluding hydrogens is 312 g/mol. The Kier molecular flexibility index (Phi) is 5.71. The first-order valence-electron chi connectivity index (χ1n) is 6.10. The van der Waals surface area contributed by atoms with Crippen LogP contribution in [-0.2, 0) is 11.4 Å². The van der Waals surface area contributed by atoms with E-state index in [1.165, 1.54) is 17.6 Å². The van der Waals surface area contributed by atoms with Crippen molar-refractivity contribution in [2.45, 2.75) is 13.0 Å². The van der Waals surface area contributed by atoms with E-state index in [0.29, 0.717) is 15.8 Å². The summed E-state index contributed by atoms with van der Waals surface area (Å²) in [6.45, 7) is 0.289. The molecule has 2 rings (SSSR count). The minimum atomic E-state index is -0.0363. The molecule has 110 valence electrons. The number of thiazole rings is 1. The molecule has 7 heteroatoms. The molecule has 0 aliphatic rings. The Balaban J connectivity index is 1.76. The third-order valence-electron chi connectivity index (χ3n) is 2.57. The van der Waals surface area contributed by atoms with Crippen molar-refractivity contribution in [1.29, 1.82) is 0 Å². The molecule has 0 aliphatic heterocycles. The second-order valence-electron chi connectivity index (χ2n) is 4.00. The average Bonchev–Trinajstić information content (AvgIpc) is 2.92. The Morgan fingerprint density at radius 3 is 2.81 bits per heavy atom. The number of Topliss-reactive ketones (excluding diaryl/α,β-unsaturated/α-hetero) is 1. The number of ketones is 1. The number of halogens is 1. The summed E-state index contributed by atoms with van der Waals surface area (Å²) < 4.78 is 5.50. The van der Waals surface area contributed by atoms with Crippen LogP contribution in [0.2, 0.25) is 4.47 Å². The van der Waals surface area contributed by atoms with Gasteiger partial charge >= 0.3 is 0 Å². The van der Waals surface area contributed by atoms with E-state index >= 15 is 0 Å². The first-order valence-corrected chi connectivity index (χ1v) is 7.29. The van der Waals surface area contributed by atoms with Crippen molar-refractivity contribution < 1.29 is 14.4 Å². The zero-order valence-electron chi connectivity index (χ0n) is 11.3. The molecule has 0 bridgehead atoms. The molecule has 5 nitrogen and oxygen atoms in total. The van der Waals surface area contributed by atoms with Gasteiger partial charge in [-0.2, -0.15) is 0 Å². The van der Waals surface area contributed by atoms with Gasteiger partial charge in [0, 0.05) is 18.2 Å². The van der Waals surface area contributed by atoms with Crippen LogP contribution in [0, 0.1) is 0 Å². The van der Waals surface area contributed by atoms with Crippen molar-refractivity contribution in [3.63, 3.8) is 0 Å². The molecule has 21 heavy (non-hydrogen) atoms. The lowest BCUT2D eigenvalue weighted by Gasteiger charge is -2.01. The van der Waals surface area contributed by atoms with Gasteiger partial charge in [0.1, 0.15) is 5.75 Å². The number of oxime groups is 1. The van der Waals surface area contributed by atoms with Crippen LogP contribution >= 0.6 is 22.9 Å². The number of hydrogen-bond acceptors (Lipinski definition) is 6. The summed E-state index contributed by atoms with van der Waals surface area (Å²) in [5.41, 5.74) is 0.608. The van der Waals surface area contributed by atoms with E-state index in [2.05, 4.69) is 10.1 Å². The highest BCUT2D eigenvalue weighted by molar-refractivity contribution is 7.15. The fourth-order valence-electron chi connectivity index (χ4n) is 1.52. The zero-order chi connectivity index (χ0) is 15.1. The number of hydrogen-bond donors (Lipinski definition) is 0. The van der Waals surface area contributed by atoms with Crippen molar-refractivity contribution in [2.24, 2.45) is 5.16 Å². The summed E-state index contributed by atoms with van der Waals surface area (Å²) in [4.78, 5) is 21.7. The van der Waals surface area contributed by atoms with Crippen LogP contribution in [0.4, 0.5) is 0 Å². The second-order valence-corrected chi connectivity index (χ2v) is 5.69. The van der Waals surface area contributed by atoms with Crippen LogP contribution < -0.4 is 4.74 Å². The summed E-state index contributed by atoms with van der Waals surface area (Å²) >= 11 is 7.02. The molecule has 2 aromatic rings. The van der Waals surface area contributed by atoms with Gasteiger partial charge in [-0.1, -0.05) is 16.8 Å². The van der Waals surface area contributed by atoms with Crippen LogP contribution in [0.25, 0.3) is 0 Å². The molecule has 1 heterocycles. The predicted molar refractivity (Wildman–Crippen MR) is 82.3 cm³/mol. The number of rotatable bonds is 7. The number of carbonyl (C=O) groups excluding carboxylic acids is 1. The fraction of sp³-hybridized carbons (Fsp3) is 0.214. The van der Waals surface area contributed by atoms with Crippen molar-refractivity contribution in [3.8, 4) is 5.75 Å². The molecule has 0 unspecified atom stereocenters. The highest BCUT2D eigenvalue weighted by Gasteiger charge is 2.04. The summed E-state index contributed by atoms with van der Waals surface area (Å²) in [7, 11) is 1.58. The van der Waals surface area contributed by atoms with Crippen molar-refractivity contribution in [3.05, 3.63) is 45.4 Å². The standard InChI is InChI=1S/C14H13ClN2O3S/c1-19-11-4-2-10(3-5-11)13(18)6-7-17-20-9-12-8-16-14(15)21-12/h2-5,7-8H,6,9H2,1H3. The Labute approximate surface area is 131 Å². The van der Waals surface area contributed by atoms with Crippen molar-refractivity contribution in [1.82, 2.24) is 4.98 Å². The highest BCUT2D eigenvalue weighted by atomic mass is 35.5. The molecule has 0 saturated heterocycles. The van der Waals surface area contributed by atoms with Gasteiger partial charge in [0.2, 0.25) is 0 Å². The van der Waals surface area contributed by atoms with Gasteiger partial charge in [-0.05, 0) is 24.3 Å². The molecule has 0 aliphatic carbocycles. The molecule has 0 fully saturated rings. The van der Waals surface area contributed by atoms with Crippen molar-refractivity contribution in [2.75, 3.05) is 7.11 Å². The molecular formula is C14H13ClN2O3S. The van der Waals surface area contributed by atoms with E-state index in [0.717, 1.165) is 4.88 Å². The Morgan fingerprint density at radius 2 is 2.19 bits per heavy atom. The molecule has 0 saturated carbocycles. The molecule has 0 spiro atoms. The van der Waals surface area contributed by atoms with Gasteiger partial charge in [0.05, 0.1) is 18.2 Å². The molecule has 0 radical (unpaired) electrons. The Hall–Kier alpha value is -1.92. The zero-order valence-corrected chi connectivity index (χ0v) is 12.9. The van der Waals surface area contributed by atoms with Crippen LogP contribution in [0.5, 0.6) is 5.75 Å². The third kappa shape index (κ3) is 4.84. The van der Waals surface area contributed by atoms with Crippen LogP contribution in [-0.4, -0.2) is 24.1 Å². The van der Waals surface area contributed by atoms with Gasteiger partial charge in [0.25, 0.3) is 0 Å². The predicted octanol–water partition coefficient (Wildman–Crippen LogP) is 3.58. The van der Waals surface area contributed by atoms with Crippen LogP contribution in [0.15, 0.2) is 35.6 Å². The first kappa shape index (κ1) is 15.5. The van der Waals surface area contributed by atoms with E-state index in [9.17, 15) is 4.79 Å². The monoisotopic (exact) mass is 324 g/mol. The SMILES string of the molecule is COc1ccc(C(=O)CC=NOCc2cnc(Cl)s2)cc1. The molecule has 0 N–H and O–H groups in total. The van der Waals surface area contributed by atoms with E-state index < -0.39 is 0 Å². The van der Waals surface area contributed by atoms with E-state index in [4.69, 9.17) is 21.2 Å². The van der Waals surface area contributed by atoms with Gasteiger partial charge in [-0.25, -0.2) is 4.98 Å². The van der Waals surface area contributed by atoms with Crippen LogP contribution in [0.1, 0.15) is 21.7 Å². The number of methoxy groups -OCH3 is 1. The number of ether oxygens (including phenoxy) is 1. The number of nitrogens with zero attached hydrogens (tertiary/aromatic N) is 2. The number of carbonyl (C=O) groups is 1. The summed E-state index contributed by atoms with van der Waals surface area (Å²) in [6.07, 6.45) is 3.25. The maximum absolute atomic E-state index is 11.9. The molecule has 1 aromatic heterocycles. The lowest BCUT2D eigenvalue weighted by atomic mass is 10.1. The maximum Gasteiger partial charge on any atom is 0.183 e. The Bertz CT molecular complexity index is 625. The van der Waals surface area contributed by atoms with Gasteiger partial charge < -0.3 is 9.57 Å². The van der Waals surface area contributed by atoms with Gasteiger partial charge in [-0.3, -0.25) is 4.79 Å². The van der Waals surface area contributed by atoms with Gasteiger partial charge in [-0.15, -0.1) is 11.3 Å². The number of aromatic nitrogens is 1. The summed E-state index contributed by atoms with van der Waals surface area (Å²) in [6, 6.07) is 6.92. The third-order valence-corrected chi connectivity index (χ3v) is 3.66. The topological polar surface area (TPSA) is 60.8 Å². The summed E-state index contributed by atoms with van der Waals surface area (Å²) in [5, 5.41) is 3.74. The smallest absolute Gasteiger partial charge is 0.183 e. The van der Waals surface area contributed by atoms with E-state index in [-0.39, 0.29) is 18.8 Å². The van der Waals surface area contributed by atoms with E-state index in [1.807, 2.05) is 0 Å². The Morgan fingerprint density at radius 1 is 1.43 bits per heavy atom. The largest absolute Gasteiger partial charge is 0.497 e. The quantitative estimate of drug-likeness (QED) is 0.443. The summed E-state index contributed by atoms with van der Waals surface area (Å²) in [5.74, 6) is 0.678. The lowest BCUT2D eigenvalue weighted by Crippen LogP contribution is -1.99. The van der Waals surface area contributed by atoms with Crippen LogP contribution in [0.3, 0.4) is 0 Å². The van der Waals surface area contributed by atoms with E-state index in [1.54, 1.807) is 37.6 Å². The fourth-order valence-corrected chi connectivity index (χ4v) is 2.40. The van der Waals surface area contributed by atoms with Crippen molar-refractivity contribution >= 4 is 34.9 Å². The lowest BCUT2D eigenvalue weighted by molar-refractivity contribution is 0.0996. The number of benzene rings is 1. The first-order chi connectivity index (χ1) is 10.2.